The van der Waals surface area contributed by atoms with Gasteiger partial charge in [0.05, 0.1) is 45.6 Å². The number of hydrogen-bond acceptors (Lipinski definition) is 16. The summed E-state index contributed by atoms with van der Waals surface area (Å²) in [5.74, 6) is -7.85. The van der Waals surface area contributed by atoms with Crippen LogP contribution in [0.4, 0.5) is 0 Å². The maximum atomic E-state index is 12.1. The van der Waals surface area contributed by atoms with Crippen LogP contribution in [0.1, 0.15) is 207 Å². The van der Waals surface area contributed by atoms with Crippen molar-refractivity contribution >= 4 is 65.0 Å². The highest BCUT2D eigenvalue weighted by atomic mass is 16.5. The van der Waals surface area contributed by atoms with E-state index in [2.05, 4.69) is 40.4 Å². The van der Waals surface area contributed by atoms with E-state index in [1.54, 1.807) is 14.0 Å². The SMILES string of the molecule is CCC(=O)C[C@@H](CCC(=O)N[C@@H](CCC(=O)NCCCC[C@H](CC)C(=O)CO)C(=O)O)C(=O)O.CCCCCCCCCC(=O)N[C@@H](CCC(=O)NCCOCCOCC(=O)NCCOCCOC)C(=O)O.CCCCCCCCCC(=O)O. The topological polar surface area (TPSA) is 386 Å². The molecule has 0 heterocycles. The summed E-state index contributed by atoms with van der Waals surface area (Å²) in [5, 5.41) is 57.9. The molecule has 84 heavy (non-hydrogen) atoms. The Kier molecular flexibility index (Phi) is 58.1. The van der Waals surface area contributed by atoms with Crippen LogP contribution in [0, 0.1) is 11.8 Å². The van der Waals surface area contributed by atoms with Crippen molar-refractivity contribution in [1.29, 1.82) is 0 Å². The molecule has 0 fully saturated rings. The van der Waals surface area contributed by atoms with E-state index < -0.39 is 54.4 Å². The highest BCUT2D eigenvalue weighted by Crippen LogP contribution is 2.16. The van der Waals surface area contributed by atoms with Gasteiger partial charge < -0.3 is 71.1 Å². The van der Waals surface area contributed by atoms with E-state index in [4.69, 9.17) is 29.2 Å². The van der Waals surface area contributed by atoms with Crippen molar-refractivity contribution in [1.82, 2.24) is 26.6 Å². The summed E-state index contributed by atoms with van der Waals surface area (Å²) < 4.78 is 20.6. The number of nitrogens with one attached hydrogen (secondary N) is 5. The molecule has 0 aromatic heterocycles. The molecule has 0 aromatic rings. The number of unbranched alkanes of at least 4 members (excludes halogenated alkanes) is 13. The zero-order valence-corrected chi connectivity index (χ0v) is 51.2. The molecule has 0 radical (unpaired) electrons. The predicted octanol–water partition coefficient (Wildman–Crippen LogP) is 5.68. The smallest absolute Gasteiger partial charge is 0.326 e. The molecule has 0 saturated carbocycles. The van der Waals surface area contributed by atoms with Gasteiger partial charge in [0.25, 0.3) is 0 Å². The van der Waals surface area contributed by atoms with Crippen LogP contribution in [0.2, 0.25) is 0 Å². The molecule has 0 aromatic carbocycles. The van der Waals surface area contributed by atoms with E-state index in [9.17, 15) is 68.1 Å². The average molecular weight is 1210 g/mol. The first-order chi connectivity index (χ1) is 40.2. The lowest BCUT2D eigenvalue weighted by Gasteiger charge is -2.16. The van der Waals surface area contributed by atoms with Crippen molar-refractivity contribution in [2.24, 2.45) is 11.8 Å². The summed E-state index contributed by atoms with van der Waals surface area (Å²) in [4.78, 5) is 127. The van der Waals surface area contributed by atoms with Gasteiger partial charge in [0, 0.05) is 77.6 Å². The van der Waals surface area contributed by atoms with Crippen molar-refractivity contribution in [3.63, 3.8) is 0 Å². The van der Waals surface area contributed by atoms with Gasteiger partial charge in [-0.05, 0) is 51.4 Å². The summed E-state index contributed by atoms with van der Waals surface area (Å²) in [6.07, 6.45) is 18.5. The molecule has 0 rings (SSSR count). The third-order valence-electron chi connectivity index (χ3n) is 13.1. The normalized spacial score (nSPS) is 12.1. The zero-order chi connectivity index (χ0) is 63.6. The molecule has 488 valence electrons. The lowest BCUT2D eigenvalue weighted by atomic mass is 9.95. The number of rotatable bonds is 55. The van der Waals surface area contributed by atoms with Crippen LogP contribution in [0.25, 0.3) is 0 Å². The molecule has 0 aliphatic heterocycles. The highest BCUT2D eigenvalue weighted by Gasteiger charge is 2.25. The van der Waals surface area contributed by atoms with Gasteiger partial charge in [-0.25, -0.2) is 9.59 Å². The molecule has 25 nitrogen and oxygen atoms in total. The Labute approximate surface area is 498 Å². The number of carboxylic acids is 4. The van der Waals surface area contributed by atoms with E-state index >= 15 is 0 Å². The number of Topliss-reactive ketones (excluding diaryl/α,β-unsaturated/α-hetero) is 2. The van der Waals surface area contributed by atoms with Crippen LogP contribution in [0.3, 0.4) is 0 Å². The number of aliphatic hydroxyl groups excluding tert-OH is 1. The Morgan fingerprint density at radius 3 is 1.33 bits per heavy atom. The van der Waals surface area contributed by atoms with Crippen molar-refractivity contribution in [2.75, 3.05) is 79.6 Å². The van der Waals surface area contributed by atoms with Crippen molar-refractivity contribution < 1.29 is 97.2 Å². The third-order valence-corrected chi connectivity index (χ3v) is 13.1. The van der Waals surface area contributed by atoms with Gasteiger partial charge in [-0.3, -0.25) is 43.2 Å². The largest absolute Gasteiger partial charge is 0.481 e. The Morgan fingerprint density at radius 1 is 0.417 bits per heavy atom. The Balaban J connectivity index is -0.00000131. The molecule has 5 amide bonds. The van der Waals surface area contributed by atoms with Gasteiger partial charge >= 0.3 is 23.9 Å². The Bertz CT molecular complexity index is 1810. The van der Waals surface area contributed by atoms with Crippen LogP contribution >= 0.6 is 0 Å². The molecule has 0 bridgehead atoms. The molecule has 0 spiro atoms. The van der Waals surface area contributed by atoms with Gasteiger partial charge in [-0.15, -0.1) is 0 Å². The van der Waals surface area contributed by atoms with Crippen molar-refractivity contribution in [2.45, 2.75) is 220 Å². The number of carboxylic acid groups (broad SMARTS) is 4. The first kappa shape index (κ1) is 82.6. The van der Waals surface area contributed by atoms with Gasteiger partial charge in [0.2, 0.25) is 29.5 Å². The van der Waals surface area contributed by atoms with E-state index in [-0.39, 0.29) is 125 Å². The number of ketones is 2. The highest BCUT2D eigenvalue weighted by molar-refractivity contribution is 5.87. The number of aliphatic hydroxyl groups is 1. The minimum Gasteiger partial charge on any atom is -0.481 e. The van der Waals surface area contributed by atoms with E-state index in [1.807, 2.05) is 6.92 Å². The minimum atomic E-state index is -1.31. The fraction of sp³-hybridized carbons (Fsp3) is 0.814. The second kappa shape index (κ2) is 59.1. The molecular formula is C59H107N5O20. The third kappa shape index (κ3) is 55.6. The Morgan fingerprint density at radius 2 is 0.869 bits per heavy atom. The fourth-order valence-electron chi connectivity index (χ4n) is 7.96. The summed E-state index contributed by atoms with van der Waals surface area (Å²) in [5.41, 5.74) is 0. The number of carbonyl (C=O) groups is 11. The van der Waals surface area contributed by atoms with Crippen molar-refractivity contribution in [3.05, 3.63) is 0 Å². The van der Waals surface area contributed by atoms with Gasteiger partial charge in [0.15, 0.2) is 5.78 Å². The van der Waals surface area contributed by atoms with Gasteiger partial charge in [-0.2, -0.15) is 0 Å². The number of methoxy groups -OCH3 is 1. The van der Waals surface area contributed by atoms with Gasteiger partial charge in [0.1, 0.15) is 31.1 Å². The van der Waals surface area contributed by atoms with Crippen LogP contribution in [0.15, 0.2) is 0 Å². The summed E-state index contributed by atoms with van der Waals surface area (Å²) in [6, 6.07) is -2.39. The van der Waals surface area contributed by atoms with E-state index in [0.717, 1.165) is 38.5 Å². The molecule has 25 heteroatoms. The number of amides is 5. The molecule has 10 N–H and O–H groups in total. The van der Waals surface area contributed by atoms with Crippen LogP contribution in [-0.4, -0.2) is 182 Å². The predicted molar refractivity (Wildman–Crippen MR) is 314 cm³/mol. The fourth-order valence-corrected chi connectivity index (χ4v) is 7.96. The van der Waals surface area contributed by atoms with Crippen LogP contribution in [-0.2, 0) is 71.7 Å². The zero-order valence-electron chi connectivity index (χ0n) is 51.2. The monoisotopic (exact) mass is 1210 g/mol. The Hall–Kier alpha value is -5.63. The van der Waals surface area contributed by atoms with E-state index in [1.165, 1.54) is 51.4 Å². The molecule has 0 aliphatic rings. The minimum absolute atomic E-state index is 0.0139. The van der Waals surface area contributed by atoms with Crippen LogP contribution in [0.5, 0.6) is 0 Å². The second-order valence-corrected chi connectivity index (χ2v) is 20.3. The second-order valence-electron chi connectivity index (χ2n) is 20.3. The first-order valence-corrected chi connectivity index (χ1v) is 30.4. The quantitative estimate of drug-likeness (QED) is 0.0328. The molecular weight excluding hydrogens is 1100 g/mol. The van der Waals surface area contributed by atoms with Crippen molar-refractivity contribution in [3.8, 4) is 0 Å². The number of aliphatic carboxylic acids is 4. The molecule has 4 atom stereocenters. The summed E-state index contributed by atoms with van der Waals surface area (Å²) >= 11 is 0. The lowest BCUT2D eigenvalue weighted by Crippen LogP contribution is -2.41. The average Bonchev–Trinajstić information content (AvgIpc) is 3.47. The summed E-state index contributed by atoms with van der Waals surface area (Å²) in [6.45, 7) is 10.4. The number of carbonyl (C=O) groups excluding carboxylic acids is 7. The molecule has 0 unspecified atom stereocenters. The number of hydrogen-bond donors (Lipinski definition) is 10. The van der Waals surface area contributed by atoms with Gasteiger partial charge in [-0.1, -0.05) is 111 Å². The maximum Gasteiger partial charge on any atom is 0.326 e. The molecule has 0 saturated heterocycles. The number of ether oxygens (including phenoxy) is 4. The molecule has 0 aliphatic carbocycles. The lowest BCUT2D eigenvalue weighted by molar-refractivity contribution is -0.145. The van der Waals surface area contributed by atoms with E-state index in [0.29, 0.717) is 71.4 Å². The first-order valence-electron chi connectivity index (χ1n) is 30.4. The standard InChI is InChI=1S/C26H49N3O9.C23H38N2O9.C10H20O2/c1-3-4-5-6-7-8-9-10-24(31)29-22(26(33)34)11-12-23(30)27-13-15-37-19-20-38-21-25(32)28-14-16-36-18-17-35-2;1-3-15(19(28)14-26)7-5-6-12-24-20(29)11-9-18(23(33)34)25-21(30)10-8-16(22(31)32)13-17(27)4-2;1-2-3-4-5-6-7-8-9-10(11)12/h22H,3-21H2,1-2H3,(H,27,30)(H,28,32)(H,29,31)(H,33,34);15-16,18,26H,3-14H2,1-2H3,(H,24,29)(H,25,30)(H,31,32)(H,33,34);2-9H2,1H3,(H,11,12)/t22-;15-,16+,18-;/m00./s1. The summed E-state index contributed by atoms with van der Waals surface area (Å²) in [7, 11) is 1.59. The maximum absolute atomic E-state index is 12.1. The van der Waals surface area contributed by atoms with Crippen LogP contribution < -0.4 is 26.6 Å².